The van der Waals surface area contributed by atoms with E-state index >= 15 is 0 Å². The van der Waals surface area contributed by atoms with Crippen molar-refractivity contribution < 1.29 is 24.2 Å². The van der Waals surface area contributed by atoms with Crippen LogP contribution in [-0.4, -0.2) is 17.8 Å². The highest BCUT2D eigenvalue weighted by molar-refractivity contribution is 6.31. The molecule has 0 atom stereocenters. The van der Waals surface area contributed by atoms with Crippen molar-refractivity contribution in [3.05, 3.63) is 0 Å². The van der Waals surface area contributed by atoms with E-state index in [-0.39, 0.29) is 0 Å². The van der Waals surface area contributed by atoms with E-state index in [1.165, 1.54) is 0 Å². The van der Waals surface area contributed by atoms with Crippen LogP contribution in [0.1, 0.15) is 20.8 Å². The number of carbonyl (C=O) groups excluding carboxylic acids is 3. The SMILES string of the molecule is CC(C)(C)C(=O)OOC(=O)C(N)=O. The lowest BCUT2D eigenvalue weighted by molar-refractivity contribution is -0.262. The van der Waals surface area contributed by atoms with E-state index in [0.29, 0.717) is 0 Å². The van der Waals surface area contributed by atoms with E-state index in [2.05, 4.69) is 15.5 Å². The van der Waals surface area contributed by atoms with Gasteiger partial charge >= 0.3 is 17.8 Å². The van der Waals surface area contributed by atoms with Crippen LogP contribution in [-0.2, 0) is 24.2 Å². The van der Waals surface area contributed by atoms with Crippen molar-refractivity contribution in [3.8, 4) is 0 Å². The highest BCUT2D eigenvalue weighted by atomic mass is 17.2. The number of carbonyl (C=O) groups is 3. The Kier molecular flexibility index (Phi) is 3.41. The van der Waals surface area contributed by atoms with Crippen molar-refractivity contribution in [3.63, 3.8) is 0 Å². The Balaban J connectivity index is 3.99. The van der Waals surface area contributed by atoms with Crippen molar-refractivity contribution in [2.24, 2.45) is 11.1 Å². The van der Waals surface area contributed by atoms with Crippen LogP contribution < -0.4 is 5.73 Å². The van der Waals surface area contributed by atoms with Gasteiger partial charge in [-0.15, -0.1) is 0 Å². The van der Waals surface area contributed by atoms with Gasteiger partial charge in [0.2, 0.25) is 0 Å². The second-order valence-electron chi connectivity index (χ2n) is 3.36. The topological polar surface area (TPSA) is 95.7 Å². The predicted molar refractivity (Wildman–Crippen MR) is 40.8 cm³/mol. The molecule has 0 aromatic carbocycles. The first-order chi connectivity index (χ1) is 5.75. The molecule has 6 heteroatoms. The summed E-state index contributed by atoms with van der Waals surface area (Å²) < 4.78 is 0. The van der Waals surface area contributed by atoms with Gasteiger partial charge in [0.05, 0.1) is 5.41 Å². The molecule has 0 aliphatic heterocycles. The van der Waals surface area contributed by atoms with Crippen molar-refractivity contribution in [2.45, 2.75) is 20.8 Å². The van der Waals surface area contributed by atoms with E-state index < -0.39 is 23.3 Å². The molecule has 74 valence electrons. The lowest BCUT2D eigenvalue weighted by Gasteiger charge is -2.13. The van der Waals surface area contributed by atoms with Crippen LogP contribution in [0.25, 0.3) is 0 Å². The molecule has 0 saturated heterocycles. The Hall–Kier alpha value is -1.59. The Morgan fingerprint density at radius 1 is 1.08 bits per heavy atom. The Labute approximate surface area is 74.9 Å². The minimum Gasteiger partial charge on any atom is -0.360 e. The van der Waals surface area contributed by atoms with Crippen LogP contribution in [0.4, 0.5) is 0 Å². The normalized spacial score (nSPS) is 10.4. The second-order valence-corrected chi connectivity index (χ2v) is 3.36. The summed E-state index contributed by atoms with van der Waals surface area (Å²) in [6, 6.07) is 0. The molecule has 6 nitrogen and oxygen atoms in total. The van der Waals surface area contributed by atoms with Gasteiger partial charge in [-0.05, 0) is 20.8 Å². The van der Waals surface area contributed by atoms with E-state index in [4.69, 9.17) is 0 Å². The molecule has 2 N–H and O–H groups in total. The van der Waals surface area contributed by atoms with Crippen molar-refractivity contribution in [1.29, 1.82) is 0 Å². The Morgan fingerprint density at radius 3 is 1.85 bits per heavy atom. The molecule has 0 unspecified atom stereocenters. The fourth-order valence-electron chi connectivity index (χ4n) is 0.242. The highest BCUT2D eigenvalue weighted by Crippen LogP contribution is 2.14. The third kappa shape index (κ3) is 4.09. The molecule has 0 rings (SSSR count). The summed E-state index contributed by atoms with van der Waals surface area (Å²) in [7, 11) is 0. The van der Waals surface area contributed by atoms with Crippen LogP contribution in [0.15, 0.2) is 0 Å². The maximum Gasteiger partial charge on any atom is 0.442 e. The van der Waals surface area contributed by atoms with Gasteiger partial charge in [-0.1, -0.05) is 0 Å². The van der Waals surface area contributed by atoms with Gasteiger partial charge in [0.15, 0.2) is 0 Å². The molecule has 0 heterocycles. The first-order valence-electron chi connectivity index (χ1n) is 3.48. The Morgan fingerprint density at radius 2 is 1.54 bits per heavy atom. The second kappa shape index (κ2) is 3.88. The molecule has 1 amide bonds. The summed E-state index contributed by atoms with van der Waals surface area (Å²) in [5, 5.41) is 0. The first kappa shape index (κ1) is 11.4. The van der Waals surface area contributed by atoms with E-state index in [1.54, 1.807) is 20.8 Å². The number of hydrogen-bond donors (Lipinski definition) is 1. The summed E-state index contributed by atoms with van der Waals surface area (Å²) in [5.41, 5.74) is 3.72. The first-order valence-corrected chi connectivity index (χ1v) is 3.48. The van der Waals surface area contributed by atoms with Gasteiger partial charge in [0, 0.05) is 0 Å². The number of hydrogen-bond acceptors (Lipinski definition) is 5. The van der Waals surface area contributed by atoms with E-state index in [1.807, 2.05) is 0 Å². The van der Waals surface area contributed by atoms with Crippen LogP contribution in [0, 0.1) is 5.41 Å². The van der Waals surface area contributed by atoms with Crippen LogP contribution in [0.5, 0.6) is 0 Å². The average molecular weight is 189 g/mol. The zero-order valence-electron chi connectivity index (χ0n) is 7.62. The van der Waals surface area contributed by atoms with E-state index in [9.17, 15) is 14.4 Å². The third-order valence-corrected chi connectivity index (χ3v) is 1.01. The molecule has 13 heavy (non-hydrogen) atoms. The lowest BCUT2D eigenvalue weighted by Crippen LogP contribution is -2.29. The smallest absolute Gasteiger partial charge is 0.360 e. The maximum absolute atomic E-state index is 10.9. The summed E-state index contributed by atoms with van der Waals surface area (Å²) in [5.74, 6) is -3.48. The van der Waals surface area contributed by atoms with Crippen molar-refractivity contribution in [2.75, 3.05) is 0 Å². The molecule has 0 fully saturated rings. The molecule has 0 aromatic heterocycles. The van der Waals surface area contributed by atoms with Gasteiger partial charge < -0.3 is 5.73 Å². The van der Waals surface area contributed by atoms with Crippen LogP contribution in [0.2, 0.25) is 0 Å². The molecular formula is C7H11NO5. The fraction of sp³-hybridized carbons (Fsp3) is 0.571. The van der Waals surface area contributed by atoms with Gasteiger partial charge in [0.1, 0.15) is 0 Å². The maximum atomic E-state index is 10.9. The van der Waals surface area contributed by atoms with Crippen molar-refractivity contribution >= 4 is 17.8 Å². The van der Waals surface area contributed by atoms with Gasteiger partial charge in [-0.2, -0.15) is 0 Å². The monoisotopic (exact) mass is 189 g/mol. The number of nitrogens with two attached hydrogens (primary N) is 1. The average Bonchev–Trinajstić information content (AvgIpc) is 1.97. The van der Waals surface area contributed by atoms with E-state index in [0.717, 1.165) is 0 Å². The zero-order chi connectivity index (χ0) is 10.6. The largest absolute Gasteiger partial charge is 0.442 e. The number of amides is 1. The summed E-state index contributed by atoms with van der Waals surface area (Å²) in [6.07, 6.45) is 0. The van der Waals surface area contributed by atoms with Gasteiger partial charge in [-0.3, -0.25) is 4.79 Å². The van der Waals surface area contributed by atoms with Gasteiger partial charge in [0.25, 0.3) is 0 Å². The fourth-order valence-corrected chi connectivity index (χ4v) is 0.242. The summed E-state index contributed by atoms with van der Waals surface area (Å²) in [4.78, 5) is 39.3. The quantitative estimate of drug-likeness (QED) is 0.315. The summed E-state index contributed by atoms with van der Waals surface area (Å²) >= 11 is 0. The minimum atomic E-state index is -1.40. The van der Waals surface area contributed by atoms with Crippen LogP contribution >= 0.6 is 0 Å². The lowest BCUT2D eigenvalue weighted by atomic mass is 9.98. The number of primary amides is 1. The molecular weight excluding hydrogens is 178 g/mol. The molecule has 0 aliphatic carbocycles. The third-order valence-electron chi connectivity index (χ3n) is 1.01. The predicted octanol–water partition coefficient (Wildman–Crippen LogP) is -0.481. The summed E-state index contributed by atoms with van der Waals surface area (Å²) in [6.45, 7) is 4.69. The molecule has 0 saturated carbocycles. The molecule has 0 radical (unpaired) electrons. The van der Waals surface area contributed by atoms with Crippen molar-refractivity contribution in [1.82, 2.24) is 0 Å². The molecule has 0 spiro atoms. The Bertz CT molecular complexity index is 240. The molecule has 0 aliphatic rings. The highest BCUT2D eigenvalue weighted by Gasteiger charge is 2.26. The van der Waals surface area contributed by atoms with Gasteiger partial charge in [-0.25, -0.2) is 19.4 Å². The number of rotatable bonds is 0. The minimum absolute atomic E-state index is 0.762. The van der Waals surface area contributed by atoms with Crippen LogP contribution in [0.3, 0.4) is 0 Å². The standard InChI is InChI=1S/C7H11NO5/c1-7(2,3)6(11)13-12-5(10)4(8)9/h1-3H3,(H2,8,9). The molecule has 0 bridgehead atoms. The molecule has 0 aromatic rings. The zero-order valence-corrected chi connectivity index (χ0v) is 7.62.